The van der Waals surface area contributed by atoms with Gasteiger partial charge in [0.1, 0.15) is 16.5 Å². The molecule has 0 spiro atoms. The van der Waals surface area contributed by atoms with E-state index in [1.807, 2.05) is 4.90 Å². The molecule has 26 heavy (non-hydrogen) atoms. The van der Waals surface area contributed by atoms with Crippen molar-refractivity contribution in [1.29, 1.82) is 0 Å². The Labute approximate surface area is 164 Å². The van der Waals surface area contributed by atoms with E-state index in [0.717, 1.165) is 0 Å². The van der Waals surface area contributed by atoms with Crippen molar-refractivity contribution < 1.29 is 14.4 Å². The van der Waals surface area contributed by atoms with Crippen LogP contribution in [0.2, 0.25) is 5.15 Å². The Kier molecular flexibility index (Phi) is 5.49. The largest absolute Gasteiger partial charge is 0.347 e. The predicted molar refractivity (Wildman–Crippen MR) is 104 cm³/mol. The van der Waals surface area contributed by atoms with Crippen molar-refractivity contribution >= 4 is 69.1 Å². The van der Waals surface area contributed by atoms with E-state index < -0.39 is 11.8 Å². The summed E-state index contributed by atoms with van der Waals surface area (Å²) in [5.41, 5.74) is -0.0635. The number of carbonyl (C=O) groups excluding carboxylic acids is 3. The number of anilines is 1. The molecule has 0 unspecified atom stereocenters. The molecular formula is C16H15ClN4O3S2. The first-order chi connectivity index (χ1) is 12.4. The first-order valence-corrected chi connectivity index (χ1v) is 9.43. The second kappa shape index (κ2) is 7.65. The van der Waals surface area contributed by atoms with Gasteiger partial charge in [0.15, 0.2) is 10.2 Å². The summed E-state index contributed by atoms with van der Waals surface area (Å²) in [6, 6.07) is 0. The zero-order chi connectivity index (χ0) is 18.8. The van der Waals surface area contributed by atoms with E-state index in [9.17, 15) is 14.4 Å². The maximum Gasteiger partial charge on any atom is 0.265 e. The van der Waals surface area contributed by atoms with E-state index in [-0.39, 0.29) is 28.2 Å². The third-order valence-electron chi connectivity index (χ3n) is 3.96. The summed E-state index contributed by atoms with van der Waals surface area (Å²) in [7, 11) is 0. The number of piperidine rings is 1. The first kappa shape index (κ1) is 18.7. The highest BCUT2D eigenvalue weighted by molar-refractivity contribution is 7.80. The monoisotopic (exact) mass is 410 g/mol. The molecular weight excluding hydrogens is 396 g/mol. The third-order valence-corrected chi connectivity index (χ3v) is 5.75. The molecule has 2 aliphatic rings. The maximum absolute atomic E-state index is 12.6. The number of nitrogens with one attached hydrogen (secondary N) is 1. The van der Waals surface area contributed by atoms with Crippen LogP contribution in [0.5, 0.6) is 0 Å². The van der Waals surface area contributed by atoms with E-state index >= 15 is 0 Å². The van der Waals surface area contributed by atoms with Gasteiger partial charge in [0.05, 0.1) is 4.88 Å². The average Bonchev–Trinajstić information content (AvgIpc) is 2.96. The lowest BCUT2D eigenvalue weighted by Gasteiger charge is -2.27. The molecule has 0 radical (unpaired) electrons. The predicted octanol–water partition coefficient (Wildman–Crippen LogP) is 1.78. The van der Waals surface area contributed by atoms with Gasteiger partial charge in [-0.25, -0.2) is 4.98 Å². The van der Waals surface area contributed by atoms with Crippen molar-refractivity contribution in [2.75, 3.05) is 24.5 Å². The van der Waals surface area contributed by atoms with E-state index in [1.165, 1.54) is 28.4 Å². The number of ketones is 1. The molecule has 2 saturated heterocycles. The number of Topliss-reactive ketones (excluding diaryl/α,β-unsaturated/α-hetero) is 1. The van der Waals surface area contributed by atoms with Crippen LogP contribution in [0.3, 0.4) is 0 Å². The molecule has 0 aromatic carbocycles. The van der Waals surface area contributed by atoms with Crippen LogP contribution in [0, 0.1) is 0 Å². The van der Waals surface area contributed by atoms with Gasteiger partial charge in [0, 0.05) is 32.5 Å². The van der Waals surface area contributed by atoms with Gasteiger partial charge in [0.25, 0.3) is 11.8 Å². The van der Waals surface area contributed by atoms with Gasteiger partial charge in [-0.05, 0) is 18.3 Å². The second-order valence-electron chi connectivity index (χ2n) is 5.70. The zero-order valence-corrected chi connectivity index (χ0v) is 16.0. The van der Waals surface area contributed by atoms with Crippen molar-refractivity contribution in [3.8, 4) is 0 Å². The smallest absolute Gasteiger partial charge is 0.265 e. The number of nitrogens with zero attached hydrogens (tertiary/aromatic N) is 3. The second-order valence-corrected chi connectivity index (χ2v) is 7.45. The maximum atomic E-state index is 12.6. The fourth-order valence-electron chi connectivity index (χ4n) is 2.59. The summed E-state index contributed by atoms with van der Waals surface area (Å²) >= 11 is 12.5. The standard InChI is InChI=1S/C16H15ClN4O3S2/c1-2-5-21-14(24)10(13(23)19-15(21)25)8-11-12(17)18-16(26-11)20-6-3-9(22)4-7-20/h2,8H,1,3-7H2,(H,19,23,25)/b10-8+. The molecule has 2 fully saturated rings. The number of hydrogen-bond donors (Lipinski definition) is 1. The van der Waals surface area contributed by atoms with Crippen molar-refractivity contribution in [3.63, 3.8) is 0 Å². The number of rotatable bonds is 4. The minimum atomic E-state index is -0.574. The van der Waals surface area contributed by atoms with Crippen molar-refractivity contribution in [1.82, 2.24) is 15.2 Å². The summed E-state index contributed by atoms with van der Waals surface area (Å²) < 4.78 is 0. The lowest BCUT2D eigenvalue weighted by Crippen LogP contribution is -2.53. The molecule has 2 amide bonds. The Hall–Kier alpha value is -2.10. The average molecular weight is 411 g/mol. The third kappa shape index (κ3) is 3.69. The number of thiocarbonyl (C=S) groups is 1. The van der Waals surface area contributed by atoms with Crippen LogP contribution >= 0.6 is 35.2 Å². The van der Waals surface area contributed by atoms with Crippen LogP contribution < -0.4 is 10.2 Å². The number of hydrogen-bond acceptors (Lipinski definition) is 7. The molecule has 7 nitrogen and oxygen atoms in total. The van der Waals surface area contributed by atoms with Crippen molar-refractivity contribution in [2.24, 2.45) is 0 Å². The number of carbonyl (C=O) groups is 3. The van der Waals surface area contributed by atoms with Crippen LogP contribution in [0.4, 0.5) is 5.13 Å². The Morgan fingerprint density at radius 3 is 2.65 bits per heavy atom. The quantitative estimate of drug-likeness (QED) is 0.352. The molecule has 0 atom stereocenters. The van der Waals surface area contributed by atoms with Crippen LogP contribution in [0.15, 0.2) is 18.2 Å². The summed E-state index contributed by atoms with van der Waals surface area (Å²) in [6.07, 6.45) is 3.90. The molecule has 1 aromatic rings. The Morgan fingerprint density at radius 1 is 1.31 bits per heavy atom. The molecule has 2 aliphatic heterocycles. The van der Waals surface area contributed by atoms with Gasteiger partial charge < -0.3 is 4.90 Å². The van der Waals surface area contributed by atoms with Crippen molar-refractivity contribution in [2.45, 2.75) is 12.8 Å². The van der Waals surface area contributed by atoms with Gasteiger partial charge in [-0.3, -0.25) is 24.6 Å². The molecule has 0 saturated carbocycles. The number of thiazole rings is 1. The molecule has 136 valence electrons. The lowest BCUT2D eigenvalue weighted by atomic mass is 10.1. The Balaban J connectivity index is 1.87. The molecule has 0 bridgehead atoms. The van der Waals surface area contributed by atoms with Gasteiger partial charge >= 0.3 is 0 Å². The first-order valence-electron chi connectivity index (χ1n) is 7.83. The topological polar surface area (TPSA) is 82.6 Å². The number of amides is 2. The molecule has 0 aliphatic carbocycles. The van der Waals surface area contributed by atoms with E-state index in [0.29, 0.717) is 35.9 Å². The minimum absolute atomic E-state index is 0.0473. The molecule has 1 N–H and O–H groups in total. The van der Waals surface area contributed by atoms with Crippen LogP contribution in [0.25, 0.3) is 6.08 Å². The Bertz CT molecular complexity index is 839. The highest BCUT2D eigenvalue weighted by Gasteiger charge is 2.33. The Morgan fingerprint density at radius 2 is 2.00 bits per heavy atom. The summed E-state index contributed by atoms with van der Waals surface area (Å²) in [6.45, 7) is 4.94. The summed E-state index contributed by atoms with van der Waals surface area (Å²) in [4.78, 5) is 44.1. The SMILES string of the molecule is C=CCN1C(=O)/C(=C/c2sc(N3CCC(=O)CC3)nc2Cl)C(=O)NC1=S. The summed E-state index contributed by atoms with van der Waals surface area (Å²) in [5.74, 6) is -0.850. The highest BCUT2D eigenvalue weighted by Crippen LogP contribution is 2.33. The van der Waals surface area contributed by atoms with Crippen LogP contribution in [-0.2, 0) is 14.4 Å². The van der Waals surface area contributed by atoms with Crippen LogP contribution in [0.1, 0.15) is 17.7 Å². The molecule has 3 heterocycles. The number of halogens is 1. The van der Waals surface area contributed by atoms with Crippen LogP contribution in [-0.4, -0.2) is 52.2 Å². The fourth-order valence-corrected chi connectivity index (χ4v) is 4.10. The minimum Gasteiger partial charge on any atom is -0.347 e. The van der Waals surface area contributed by atoms with E-state index in [4.69, 9.17) is 23.8 Å². The normalized spacial score (nSPS) is 20.0. The lowest BCUT2D eigenvalue weighted by molar-refractivity contribution is -0.128. The van der Waals surface area contributed by atoms with Gasteiger partial charge in [-0.15, -0.1) is 6.58 Å². The zero-order valence-electron chi connectivity index (χ0n) is 13.7. The van der Waals surface area contributed by atoms with E-state index in [2.05, 4.69) is 16.9 Å². The van der Waals surface area contributed by atoms with Gasteiger partial charge in [-0.1, -0.05) is 29.0 Å². The van der Waals surface area contributed by atoms with Gasteiger partial charge in [-0.2, -0.15) is 0 Å². The number of aromatic nitrogens is 1. The molecule has 10 heteroatoms. The fraction of sp³-hybridized carbons (Fsp3) is 0.312. The van der Waals surface area contributed by atoms with Crippen molar-refractivity contribution in [3.05, 3.63) is 28.3 Å². The highest BCUT2D eigenvalue weighted by atomic mass is 35.5. The summed E-state index contributed by atoms with van der Waals surface area (Å²) in [5, 5.41) is 3.40. The van der Waals surface area contributed by atoms with Gasteiger partial charge in [0.2, 0.25) is 0 Å². The molecule has 3 rings (SSSR count). The molecule has 1 aromatic heterocycles. The van der Waals surface area contributed by atoms with E-state index in [1.54, 1.807) is 0 Å².